The van der Waals surface area contributed by atoms with Crippen molar-refractivity contribution in [2.45, 2.75) is 6.42 Å². The second-order valence-electron chi connectivity index (χ2n) is 9.25. The van der Waals surface area contributed by atoms with Gasteiger partial charge in [0.1, 0.15) is 5.01 Å². The quantitative estimate of drug-likeness (QED) is 0.250. The maximum atomic E-state index is 4.85. The van der Waals surface area contributed by atoms with Crippen molar-refractivity contribution in [3.05, 3.63) is 120 Å². The Bertz CT molecular complexity index is 1890. The minimum Gasteiger partial charge on any atom is -0.309 e. The van der Waals surface area contributed by atoms with E-state index in [1.807, 2.05) is 6.07 Å². The van der Waals surface area contributed by atoms with Crippen LogP contribution in [0.5, 0.6) is 0 Å². The molecule has 1 aliphatic rings. The van der Waals surface area contributed by atoms with Crippen molar-refractivity contribution in [2.75, 3.05) is 0 Å². The number of nitrogens with zero attached hydrogens (tertiary/aromatic N) is 2. The molecule has 0 spiro atoms. The Morgan fingerprint density at radius 3 is 2.34 bits per heavy atom. The Morgan fingerprint density at radius 2 is 1.43 bits per heavy atom. The Morgan fingerprint density at radius 1 is 0.629 bits per heavy atom. The molecule has 0 atom stereocenters. The fourth-order valence-electron chi connectivity index (χ4n) is 5.63. The lowest BCUT2D eigenvalue weighted by atomic mass is 10.0. The Labute approximate surface area is 206 Å². The van der Waals surface area contributed by atoms with Crippen molar-refractivity contribution in [2.24, 2.45) is 0 Å². The fourth-order valence-corrected chi connectivity index (χ4v) is 6.60. The molecule has 2 nitrogen and oxygen atoms in total. The summed E-state index contributed by atoms with van der Waals surface area (Å²) in [4.78, 5) is 4.85. The summed E-state index contributed by atoms with van der Waals surface area (Å²) in [5.41, 5.74) is 11.5. The average Bonchev–Trinajstić information content (AvgIpc) is 3.59. The van der Waals surface area contributed by atoms with E-state index in [2.05, 4.69) is 108 Å². The standard InChI is InChI=1S/C32H20N2S/c1-2-8-24-21(7-1)17-22-18-27-25-9-3-5-11-29(25)34(30(27)19-26(22)24)23-15-13-20(14-16-23)32-33-28-10-4-6-12-31(28)35-32/h1-16,18-19H,17H2. The second kappa shape index (κ2) is 7.14. The Hall–Kier alpha value is -4.21. The van der Waals surface area contributed by atoms with E-state index >= 15 is 0 Å². The van der Waals surface area contributed by atoms with Crippen LogP contribution in [0.15, 0.2) is 109 Å². The first kappa shape index (κ1) is 19.1. The van der Waals surface area contributed by atoms with Gasteiger partial charge in [-0.2, -0.15) is 0 Å². The molecule has 2 aromatic heterocycles. The van der Waals surface area contributed by atoms with Gasteiger partial charge in [-0.05, 0) is 83.3 Å². The van der Waals surface area contributed by atoms with Crippen molar-refractivity contribution in [1.29, 1.82) is 0 Å². The van der Waals surface area contributed by atoms with E-state index in [1.54, 1.807) is 11.3 Å². The maximum Gasteiger partial charge on any atom is 0.124 e. The monoisotopic (exact) mass is 464 g/mol. The lowest BCUT2D eigenvalue weighted by molar-refractivity contribution is 1.18. The van der Waals surface area contributed by atoms with Crippen LogP contribution in [-0.4, -0.2) is 9.55 Å². The lowest BCUT2D eigenvalue weighted by Crippen LogP contribution is -1.94. The van der Waals surface area contributed by atoms with Crippen LogP contribution < -0.4 is 0 Å². The molecule has 3 heteroatoms. The summed E-state index contributed by atoms with van der Waals surface area (Å²) in [6, 6.07) is 39.6. The van der Waals surface area contributed by atoms with Gasteiger partial charge < -0.3 is 4.57 Å². The normalized spacial score (nSPS) is 12.5. The second-order valence-corrected chi connectivity index (χ2v) is 10.3. The van der Waals surface area contributed by atoms with E-state index in [-0.39, 0.29) is 0 Å². The third-order valence-electron chi connectivity index (χ3n) is 7.25. The number of benzene rings is 5. The number of fused-ring (bicyclic) bond motifs is 7. The van der Waals surface area contributed by atoms with Gasteiger partial charge in [0.05, 0.1) is 21.3 Å². The van der Waals surface area contributed by atoms with Gasteiger partial charge >= 0.3 is 0 Å². The molecule has 7 aromatic rings. The molecule has 0 N–H and O–H groups in total. The molecule has 2 heterocycles. The average molecular weight is 465 g/mol. The largest absolute Gasteiger partial charge is 0.309 e. The van der Waals surface area contributed by atoms with Crippen LogP contribution in [0.3, 0.4) is 0 Å². The third kappa shape index (κ3) is 2.79. The van der Waals surface area contributed by atoms with Crippen LogP contribution in [0.4, 0.5) is 0 Å². The van der Waals surface area contributed by atoms with Gasteiger partial charge in [0, 0.05) is 22.0 Å². The molecule has 1 aliphatic carbocycles. The predicted molar refractivity (Wildman–Crippen MR) is 148 cm³/mol. The molecule has 35 heavy (non-hydrogen) atoms. The summed E-state index contributed by atoms with van der Waals surface area (Å²) in [5, 5.41) is 3.69. The topological polar surface area (TPSA) is 17.8 Å². The van der Waals surface area contributed by atoms with Gasteiger partial charge in [-0.25, -0.2) is 4.98 Å². The van der Waals surface area contributed by atoms with Crippen LogP contribution >= 0.6 is 11.3 Å². The molecule has 0 saturated carbocycles. The smallest absolute Gasteiger partial charge is 0.124 e. The van der Waals surface area contributed by atoms with Crippen LogP contribution in [0.1, 0.15) is 11.1 Å². The van der Waals surface area contributed by atoms with Gasteiger partial charge in [0.25, 0.3) is 0 Å². The minimum atomic E-state index is 1.01. The summed E-state index contributed by atoms with van der Waals surface area (Å²) >= 11 is 1.75. The van der Waals surface area contributed by atoms with E-state index in [0.717, 1.165) is 22.5 Å². The van der Waals surface area contributed by atoms with Gasteiger partial charge in [0.2, 0.25) is 0 Å². The fraction of sp³-hybridized carbons (Fsp3) is 0.0312. The summed E-state index contributed by atoms with van der Waals surface area (Å²) in [7, 11) is 0. The van der Waals surface area contributed by atoms with Crippen LogP contribution in [0, 0.1) is 0 Å². The SMILES string of the molecule is c1ccc2c(c1)Cc1cc3c4ccccc4n(-c4ccc(-c5nc6ccccc6s5)cc4)c3cc1-2. The predicted octanol–water partition coefficient (Wildman–Crippen LogP) is 8.63. The number of para-hydroxylation sites is 2. The van der Waals surface area contributed by atoms with Crippen molar-refractivity contribution in [1.82, 2.24) is 9.55 Å². The van der Waals surface area contributed by atoms with Gasteiger partial charge in [0.15, 0.2) is 0 Å². The molecule has 0 fully saturated rings. The Kier molecular flexibility index (Phi) is 3.91. The molecule has 164 valence electrons. The zero-order chi connectivity index (χ0) is 22.9. The molecule has 0 unspecified atom stereocenters. The highest BCUT2D eigenvalue weighted by Gasteiger charge is 2.21. The molecule has 5 aromatic carbocycles. The first-order chi connectivity index (χ1) is 17.3. The summed E-state index contributed by atoms with van der Waals surface area (Å²) in [6.45, 7) is 0. The van der Waals surface area contributed by atoms with Crippen LogP contribution in [-0.2, 0) is 6.42 Å². The van der Waals surface area contributed by atoms with Gasteiger partial charge in [-0.15, -0.1) is 11.3 Å². The Balaban J connectivity index is 1.33. The minimum absolute atomic E-state index is 1.01. The van der Waals surface area contributed by atoms with E-state index in [9.17, 15) is 0 Å². The molecule has 0 aliphatic heterocycles. The van der Waals surface area contributed by atoms with Crippen molar-refractivity contribution < 1.29 is 0 Å². The number of thiazole rings is 1. The molecular weight excluding hydrogens is 444 g/mol. The number of rotatable bonds is 2. The zero-order valence-electron chi connectivity index (χ0n) is 18.9. The highest BCUT2D eigenvalue weighted by Crippen LogP contribution is 2.42. The molecule has 0 radical (unpaired) electrons. The number of hydrogen-bond donors (Lipinski definition) is 0. The number of aromatic nitrogens is 2. The zero-order valence-corrected chi connectivity index (χ0v) is 19.7. The molecule has 0 amide bonds. The highest BCUT2D eigenvalue weighted by atomic mass is 32.1. The van der Waals surface area contributed by atoms with Crippen LogP contribution in [0.25, 0.3) is 59.4 Å². The van der Waals surface area contributed by atoms with Crippen molar-refractivity contribution in [3.8, 4) is 27.4 Å². The summed E-state index contributed by atoms with van der Waals surface area (Å²) in [6.07, 6.45) is 1.01. The molecule has 0 bridgehead atoms. The lowest BCUT2D eigenvalue weighted by Gasteiger charge is -2.10. The van der Waals surface area contributed by atoms with Crippen LogP contribution in [0.2, 0.25) is 0 Å². The van der Waals surface area contributed by atoms with Gasteiger partial charge in [-0.1, -0.05) is 54.6 Å². The van der Waals surface area contributed by atoms with Crippen molar-refractivity contribution in [3.63, 3.8) is 0 Å². The molecular formula is C32H20N2S. The van der Waals surface area contributed by atoms with E-state index in [1.165, 1.54) is 54.4 Å². The maximum absolute atomic E-state index is 4.85. The first-order valence-corrected chi connectivity index (χ1v) is 12.8. The summed E-state index contributed by atoms with van der Waals surface area (Å²) < 4.78 is 3.64. The molecule has 8 rings (SSSR count). The van der Waals surface area contributed by atoms with E-state index in [4.69, 9.17) is 4.98 Å². The van der Waals surface area contributed by atoms with Gasteiger partial charge in [-0.3, -0.25) is 0 Å². The molecule has 0 saturated heterocycles. The highest BCUT2D eigenvalue weighted by molar-refractivity contribution is 7.21. The van der Waals surface area contributed by atoms with Crippen molar-refractivity contribution >= 4 is 43.4 Å². The van der Waals surface area contributed by atoms with E-state index < -0.39 is 0 Å². The van der Waals surface area contributed by atoms with E-state index in [0.29, 0.717) is 0 Å². The summed E-state index contributed by atoms with van der Waals surface area (Å²) in [5.74, 6) is 0. The third-order valence-corrected chi connectivity index (χ3v) is 8.34. The first-order valence-electron chi connectivity index (χ1n) is 11.9. The number of hydrogen-bond acceptors (Lipinski definition) is 2.